The molecule has 6 heteroatoms. The summed E-state index contributed by atoms with van der Waals surface area (Å²) in [4.78, 5) is 13.7. The first kappa shape index (κ1) is 15.3. The zero-order valence-electron chi connectivity index (χ0n) is 11.4. The molecule has 0 bridgehead atoms. The molecule has 6 nitrogen and oxygen atoms in total. The van der Waals surface area contributed by atoms with Crippen LogP contribution in [0.1, 0.15) is 0 Å². The average molecular weight is 267 g/mol. The lowest BCUT2D eigenvalue weighted by Crippen LogP contribution is -2.40. The number of ether oxygens (including phenoxy) is 2. The maximum absolute atomic E-state index is 12.1. The largest absolute Gasteiger partial charge is 0.497 e. The summed E-state index contributed by atoms with van der Waals surface area (Å²) in [5, 5.41) is 2.81. The fourth-order valence-corrected chi connectivity index (χ4v) is 1.58. The van der Waals surface area contributed by atoms with Gasteiger partial charge in [-0.05, 0) is 12.1 Å². The van der Waals surface area contributed by atoms with Crippen LogP contribution in [0.4, 0.5) is 10.5 Å². The van der Waals surface area contributed by atoms with E-state index in [-0.39, 0.29) is 6.03 Å². The van der Waals surface area contributed by atoms with Gasteiger partial charge >= 0.3 is 6.03 Å². The monoisotopic (exact) mass is 267 g/mol. The molecule has 0 radical (unpaired) electrons. The van der Waals surface area contributed by atoms with Crippen molar-refractivity contribution in [3.8, 4) is 5.75 Å². The number of carbonyl (C=O) groups is 1. The average Bonchev–Trinajstić information content (AvgIpc) is 2.43. The lowest BCUT2D eigenvalue weighted by atomic mass is 10.3. The maximum atomic E-state index is 12.1. The number of carbonyl (C=O) groups excluding carboxylic acids is 1. The van der Waals surface area contributed by atoms with E-state index >= 15 is 0 Å². The van der Waals surface area contributed by atoms with Crippen molar-refractivity contribution in [1.29, 1.82) is 0 Å². The first-order chi connectivity index (χ1) is 9.21. The highest BCUT2D eigenvalue weighted by atomic mass is 16.5. The van der Waals surface area contributed by atoms with Crippen molar-refractivity contribution in [1.82, 2.24) is 4.90 Å². The number of methoxy groups -OCH3 is 2. The van der Waals surface area contributed by atoms with Crippen LogP contribution in [0.5, 0.6) is 5.75 Å². The van der Waals surface area contributed by atoms with E-state index in [0.29, 0.717) is 37.7 Å². The van der Waals surface area contributed by atoms with Crippen LogP contribution in [0.25, 0.3) is 0 Å². The van der Waals surface area contributed by atoms with E-state index in [0.717, 1.165) is 0 Å². The Morgan fingerprint density at radius 2 is 2.16 bits per heavy atom. The van der Waals surface area contributed by atoms with Crippen molar-refractivity contribution in [2.24, 2.45) is 5.73 Å². The highest BCUT2D eigenvalue weighted by Crippen LogP contribution is 2.16. The van der Waals surface area contributed by atoms with Crippen molar-refractivity contribution < 1.29 is 14.3 Å². The Kier molecular flexibility index (Phi) is 6.70. The number of hydrogen-bond acceptors (Lipinski definition) is 4. The summed E-state index contributed by atoms with van der Waals surface area (Å²) in [5.74, 6) is 0.695. The summed E-state index contributed by atoms with van der Waals surface area (Å²) in [5.41, 5.74) is 6.18. The van der Waals surface area contributed by atoms with Crippen molar-refractivity contribution in [2.45, 2.75) is 0 Å². The van der Waals surface area contributed by atoms with Gasteiger partial charge in [0.25, 0.3) is 0 Å². The third kappa shape index (κ3) is 5.15. The van der Waals surface area contributed by atoms with Gasteiger partial charge in [0.2, 0.25) is 0 Å². The highest BCUT2D eigenvalue weighted by Gasteiger charge is 2.12. The summed E-state index contributed by atoms with van der Waals surface area (Å²) < 4.78 is 10.1. The SMILES string of the molecule is COCCN(CCN)C(=O)Nc1cccc(OC)c1. The second kappa shape index (κ2) is 8.34. The van der Waals surface area contributed by atoms with Gasteiger partial charge < -0.3 is 25.4 Å². The summed E-state index contributed by atoms with van der Waals surface area (Å²) in [7, 11) is 3.18. The Labute approximate surface area is 113 Å². The zero-order valence-corrected chi connectivity index (χ0v) is 11.4. The fourth-order valence-electron chi connectivity index (χ4n) is 1.58. The number of anilines is 1. The number of urea groups is 1. The molecular formula is C13H21N3O3. The Bertz CT molecular complexity index is 398. The van der Waals surface area contributed by atoms with Crippen LogP contribution < -0.4 is 15.8 Å². The Morgan fingerprint density at radius 3 is 2.79 bits per heavy atom. The molecule has 0 aliphatic heterocycles. The number of rotatable bonds is 7. The Morgan fingerprint density at radius 1 is 1.37 bits per heavy atom. The van der Waals surface area contributed by atoms with E-state index in [1.165, 1.54) is 0 Å². The molecule has 1 aromatic carbocycles. The van der Waals surface area contributed by atoms with Gasteiger partial charge in [0, 0.05) is 38.5 Å². The fraction of sp³-hybridized carbons (Fsp3) is 0.462. The minimum absolute atomic E-state index is 0.198. The van der Waals surface area contributed by atoms with Crippen LogP contribution >= 0.6 is 0 Å². The summed E-state index contributed by atoms with van der Waals surface area (Å²) in [6.07, 6.45) is 0. The predicted octanol–water partition coefficient (Wildman–Crippen LogP) is 1.13. The summed E-state index contributed by atoms with van der Waals surface area (Å²) >= 11 is 0. The van der Waals surface area contributed by atoms with Gasteiger partial charge in [-0.15, -0.1) is 0 Å². The van der Waals surface area contributed by atoms with Crippen LogP contribution in [0, 0.1) is 0 Å². The highest BCUT2D eigenvalue weighted by molar-refractivity contribution is 5.89. The normalized spacial score (nSPS) is 10.1. The van der Waals surface area contributed by atoms with E-state index in [1.807, 2.05) is 12.1 Å². The molecule has 0 atom stereocenters. The Balaban J connectivity index is 2.63. The van der Waals surface area contributed by atoms with Crippen molar-refractivity contribution >= 4 is 11.7 Å². The van der Waals surface area contributed by atoms with Gasteiger partial charge in [-0.2, -0.15) is 0 Å². The predicted molar refractivity (Wildman–Crippen MR) is 74.5 cm³/mol. The summed E-state index contributed by atoms with van der Waals surface area (Å²) in [6.45, 7) is 1.88. The third-order valence-electron chi connectivity index (χ3n) is 2.57. The zero-order chi connectivity index (χ0) is 14.1. The molecule has 0 unspecified atom stereocenters. The van der Waals surface area contributed by atoms with Crippen LogP contribution in [-0.2, 0) is 4.74 Å². The lowest BCUT2D eigenvalue weighted by Gasteiger charge is -2.22. The molecule has 1 rings (SSSR count). The lowest BCUT2D eigenvalue weighted by molar-refractivity contribution is 0.156. The van der Waals surface area contributed by atoms with Crippen molar-refractivity contribution in [3.05, 3.63) is 24.3 Å². The molecule has 106 valence electrons. The van der Waals surface area contributed by atoms with Crippen LogP contribution in [0.2, 0.25) is 0 Å². The first-order valence-corrected chi connectivity index (χ1v) is 6.10. The number of nitrogens with one attached hydrogen (secondary N) is 1. The Hall–Kier alpha value is -1.79. The second-order valence-electron chi connectivity index (χ2n) is 3.93. The number of nitrogens with zero attached hydrogens (tertiary/aromatic N) is 1. The smallest absolute Gasteiger partial charge is 0.321 e. The van der Waals surface area contributed by atoms with Crippen LogP contribution in [0.15, 0.2) is 24.3 Å². The molecule has 1 aromatic rings. The second-order valence-corrected chi connectivity index (χ2v) is 3.93. The molecule has 0 saturated carbocycles. The third-order valence-corrected chi connectivity index (χ3v) is 2.57. The van der Waals surface area contributed by atoms with Crippen LogP contribution in [0.3, 0.4) is 0 Å². The molecule has 0 aromatic heterocycles. The molecular weight excluding hydrogens is 246 g/mol. The number of benzene rings is 1. The van der Waals surface area contributed by atoms with Crippen LogP contribution in [-0.4, -0.2) is 51.4 Å². The van der Waals surface area contributed by atoms with E-state index < -0.39 is 0 Å². The molecule has 19 heavy (non-hydrogen) atoms. The van der Waals surface area contributed by atoms with E-state index in [1.54, 1.807) is 31.3 Å². The van der Waals surface area contributed by atoms with Crippen molar-refractivity contribution in [2.75, 3.05) is 45.8 Å². The number of nitrogens with two attached hydrogens (primary N) is 1. The minimum Gasteiger partial charge on any atom is -0.497 e. The molecule has 0 saturated heterocycles. The summed E-state index contributed by atoms with van der Waals surface area (Å²) in [6, 6.07) is 7.00. The van der Waals surface area contributed by atoms with Gasteiger partial charge in [0.1, 0.15) is 5.75 Å². The molecule has 0 spiro atoms. The molecule has 2 amide bonds. The van der Waals surface area contributed by atoms with Gasteiger partial charge in [-0.1, -0.05) is 6.07 Å². The molecule has 0 aliphatic rings. The molecule has 0 aliphatic carbocycles. The number of amides is 2. The van der Waals surface area contributed by atoms with Crippen molar-refractivity contribution in [3.63, 3.8) is 0 Å². The molecule has 0 fully saturated rings. The first-order valence-electron chi connectivity index (χ1n) is 6.10. The van der Waals surface area contributed by atoms with Gasteiger partial charge in [-0.25, -0.2) is 4.79 Å². The maximum Gasteiger partial charge on any atom is 0.321 e. The quantitative estimate of drug-likeness (QED) is 0.776. The van der Waals surface area contributed by atoms with Gasteiger partial charge in [0.15, 0.2) is 0 Å². The standard InChI is InChI=1S/C13H21N3O3/c1-18-9-8-16(7-6-14)13(17)15-11-4-3-5-12(10-11)19-2/h3-5,10H,6-9,14H2,1-2H3,(H,15,17). The van der Waals surface area contributed by atoms with E-state index in [4.69, 9.17) is 15.2 Å². The minimum atomic E-state index is -0.198. The molecule has 3 N–H and O–H groups in total. The topological polar surface area (TPSA) is 76.8 Å². The molecule has 0 heterocycles. The van der Waals surface area contributed by atoms with E-state index in [9.17, 15) is 4.79 Å². The van der Waals surface area contributed by atoms with Gasteiger partial charge in [-0.3, -0.25) is 0 Å². The van der Waals surface area contributed by atoms with E-state index in [2.05, 4.69) is 5.32 Å². The van der Waals surface area contributed by atoms with Gasteiger partial charge in [0.05, 0.1) is 13.7 Å². The number of hydrogen-bond donors (Lipinski definition) is 2.